The van der Waals surface area contributed by atoms with Gasteiger partial charge in [0.05, 0.1) is 11.5 Å². The largest absolute Gasteiger partial charge is 0.493 e. The summed E-state index contributed by atoms with van der Waals surface area (Å²) in [6.45, 7) is 5.46. The molecule has 0 spiro atoms. The van der Waals surface area contributed by atoms with E-state index < -0.39 is 10.0 Å². The third kappa shape index (κ3) is 7.16. The Morgan fingerprint density at radius 1 is 0.974 bits per heavy atom. The van der Waals surface area contributed by atoms with Gasteiger partial charge in [-0.3, -0.25) is 4.79 Å². The van der Waals surface area contributed by atoms with Crippen molar-refractivity contribution in [1.29, 1.82) is 0 Å². The quantitative estimate of drug-likeness (QED) is 0.264. The Bertz CT molecular complexity index is 1360. The first kappa shape index (κ1) is 28.1. The van der Waals surface area contributed by atoms with Crippen molar-refractivity contribution in [3.05, 3.63) is 82.9 Å². The predicted octanol–water partition coefficient (Wildman–Crippen LogP) is 6.42. The van der Waals surface area contributed by atoms with Crippen molar-refractivity contribution >= 4 is 27.5 Å². The van der Waals surface area contributed by atoms with E-state index in [-0.39, 0.29) is 23.3 Å². The van der Waals surface area contributed by atoms with Crippen LogP contribution in [0.4, 0.5) is 0 Å². The van der Waals surface area contributed by atoms with Gasteiger partial charge in [-0.15, -0.1) is 0 Å². The lowest BCUT2D eigenvalue weighted by molar-refractivity contribution is -0.133. The number of nitrogens with zero attached hydrogens (tertiary/aromatic N) is 1. The topological polar surface area (TPSA) is 75.7 Å². The molecule has 1 amide bonds. The number of nitrogens with one attached hydrogen (secondary N) is 1. The predicted molar refractivity (Wildman–Crippen MR) is 152 cm³/mol. The van der Waals surface area contributed by atoms with Gasteiger partial charge in [-0.05, 0) is 72.7 Å². The number of hydrogen-bond donors (Lipinski definition) is 1. The average molecular weight is 555 g/mol. The van der Waals surface area contributed by atoms with Crippen LogP contribution in [-0.2, 0) is 27.9 Å². The van der Waals surface area contributed by atoms with Crippen LogP contribution in [-0.4, -0.2) is 32.4 Å². The lowest BCUT2D eigenvalue weighted by Crippen LogP contribution is -2.32. The zero-order valence-electron chi connectivity index (χ0n) is 22.0. The molecule has 0 aromatic heterocycles. The first-order valence-electron chi connectivity index (χ1n) is 13.2. The fraction of sp³-hybridized carbons (Fsp3) is 0.367. The molecule has 0 saturated heterocycles. The second kappa shape index (κ2) is 12.8. The first-order chi connectivity index (χ1) is 18.3. The van der Waals surface area contributed by atoms with E-state index in [2.05, 4.69) is 4.72 Å². The van der Waals surface area contributed by atoms with Crippen molar-refractivity contribution < 1.29 is 17.9 Å². The summed E-state index contributed by atoms with van der Waals surface area (Å²) in [6.07, 6.45) is 3.29. The second-order valence-corrected chi connectivity index (χ2v) is 11.9. The molecule has 1 fully saturated rings. The molecule has 8 heteroatoms. The molecule has 3 aromatic rings. The SMILES string of the molecule is CCCNS(=O)(=O)c1ccc(-c2ccccc2)c(CN(Cc2cc(Cl)ccc2OCCC)C(=O)C2CC2)c1. The number of amides is 1. The molecule has 38 heavy (non-hydrogen) atoms. The van der Waals surface area contributed by atoms with E-state index in [0.29, 0.717) is 36.9 Å². The van der Waals surface area contributed by atoms with E-state index >= 15 is 0 Å². The Balaban J connectivity index is 1.74. The van der Waals surface area contributed by atoms with Gasteiger partial charge >= 0.3 is 0 Å². The molecule has 1 N–H and O–H groups in total. The van der Waals surface area contributed by atoms with E-state index in [1.54, 1.807) is 23.1 Å². The van der Waals surface area contributed by atoms with Crippen LogP contribution < -0.4 is 9.46 Å². The summed E-state index contributed by atoms with van der Waals surface area (Å²) in [6, 6.07) is 20.4. The fourth-order valence-corrected chi connectivity index (χ4v) is 5.70. The molecule has 0 bridgehead atoms. The fourth-order valence-electron chi connectivity index (χ4n) is 4.32. The first-order valence-corrected chi connectivity index (χ1v) is 15.1. The number of carbonyl (C=O) groups is 1. The van der Waals surface area contributed by atoms with Crippen LogP contribution in [0.3, 0.4) is 0 Å². The van der Waals surface area contributed by atoms with Gasteiger partial charge in [0.1, 0.15) is 5.75 Å². The molecule has 0 unspecified atom stereocenters. The van der Waals surface area contributed by atoms with Crippen LogP contribution in [0.5, 0.6) is 5.75 Å². The Labute approximate surface area is 231 Å². The summed E-state index contributed by atoms with van der Waals surface area (Å²) >= 11 is 6.33. The monoisotopic (exact) mass is 554 g/mol. The van der Waals surface area contributed by atoms with E-state index in [9.17, 15) is 13.2 Å². The highest BCUT2D eigenvalue weighted by Gasteiger charge is 2.34. The average Bonchev–Trinajstić information content (AvgIpc) is 3.77. The van der Waals surface area contributed by atoms with Gasteiger partial charge in [0.25, 0.3) is 0 Å². The normalized spacial score (nSPS) is 13.3. The molecule has 3 aromatic carbocycles. The zero-order chi connectivity index (χ0) is 27.1. The molecule has 1 aliphatic carbocycles. The van der Waals surface area contributed by atoms with Gasteiger partial charge < -0.3 is 9.64 Å². The number of carbonyl (C=O) groups excluding carboxylic acids is 1. The van der Waals surface area contributed by atoms with Crippen molar-refractivity contribution in [2.45, 2.75) is 57.5 Å². The summed E-state index contributed by atoms with van der Waals surface area (Å²) in [7, 11) is -3.68. The Morgan fingerprint density at radius 2 is 1.71 bits per heavy atom. The van der Waals surface area contributed by atoms with Crippen molar-refractivity contribution in [3.8, 4) is 16.9 Å². The number of halogens is 1. The molecular weight excluding hydrogens is 520 g/mol. The zero-order valence-corrected chi connectivity index (χ0v) is 23.5. The molecule has 0 aliphatic heterocycles. The molecular formula is C30H35ClN2O4S. The van der Waals surface area contributed by atoms with Crippen molar-refractivity contribution in [2.75, 3.05) is 13.2 Å². The highest BCUT2D eigenvalue weighted by atomic mass is 35.5. The van der Waals surface area contributed by atoms with Crippen molar-refractivity contribution in [2.24, 2.45) is 5.92 Å². The van der Waals surface area contributed by atoms with Crippen LogP contribution in [0.2, 0.25) is 5.02 Å². The van der Waals surface area contributed by atoms with E-state index in [1.807, 2.05) is 62.4 Å². The van der Waals surface area contributed by atoms with Crippen molar-refractivity contribution in [3.63, 3.8) is 0 Å². The Kier molecular flexibility index (Phi) is 9.47. The van der Waals surface area contributed by atoms with Gasteiger partial charge in [-0.2, -0.15) is 0 Å². The lowest BCUT2D eigenvalue weighted by atomic mass is 9.99. The molecule has 1 saturated carbocycles. The van der Waals surface area contributed by atoms with Crippen LogP contribution in [0.25, 0.3) is 11.1 Å². The number of rotatable bonds is 13. The number of sulfonamides is 1. The van der Waals surface area contributed by atoms with E-state index in [1.165, 1.54) is 0 Å². The van der Waals surface area contributed by atoms with Gasteiger partial charge in [0, 0.05) is 36.1 Å². The summed E-state index contributed by atoms with van der Waals surface area (Å²) in [5.41, 5.74) is 3.45. The highest BCUT2D eigenvalue weighted by Crippen LogP contribution is 2.35. The molecule has 1 aliphatic rings. The second-order valence-electron chi connectivity index (χ2n) is 9.65. The molecule has 4 rings (SSSR count). The summed E-state index contributed by atoms with van der Waals surface area (Å²) in [5.74, 6) is 0.753. The molecule has 6 nitrogen and oxygen atoms in total. The Hall–Kier alpha value is -2.87. The van der Waals surface area contributed by atoms with Gasteiger partial charge in [-0.1, -0.05) is 61.8 Å². The number of hydrogen-bond acceptors (Lipinski definition) is 4. The third-order valence-corrected chi connectivity index (χ3v) is 8.15. The van der Waals surface area contributed by atoms with Gasteiger partial charge in [-0.25, -0.2) is 13.1 Å². The maximum absolute atomic E-state index is 13.5. The minimum absolute atomic E-state index is 0.00694. The standard InChI is InChI=1S/C30H35ClN2O4S/c1-3-16-32-38(35,36)27-13-14-28(22-8-6-5-7-9-22)24(19-27)20-33(30(34)23-10-11-23)21-25-18-26(31)12-15-29(25)37-17-4-2/h5-9,12-15,18-19,23,32H,3-4,10-11,16-17,20-21H2,1-2H3. The maximum atomic E-state index is 13.5. The maximum Gasteiger partial charge on any atom is 0.240 e. The molecule has 202 valence electrons. The minimum Gasteiger partial charge on any atom is -0.493 e. The van der Waals surface area contributed by atoms with Crippen LogP contribution >= 0.6 is 11.6 Å². The number of ether oxygens (including phenoxy) is 1. The number of benzene rings is 3. The van der Waals surface area contributed by atoms with Gasteiger partial charge in [0.2, 0.25) is 15.9 Å². The minimum atomic E-state index is -3.68. The van der Waals surface area contributed by atoms with Crippen LogP contribution in [0.1, 0.15) is 50.7 Å². The van der Waals surface area contributed by atoms with E-state index in [4.69, 9.17) is 16.3 Å². The summed E-state index contributed by atoms with van der Waals surface area (Å²) in [5, 5.41) is 0.572. The summed E-state index contributed by atoms with van der Waals surface area (Å²) in [4.78, 5) is 15.5. The van der Waals surface area contributed by atoms with Crippen LogP contribution in [0, 0.1) is 5.92 Å². The third-order valence-electron chi connectivity index (χ3n) is 6.46. The molecule has 0 atom stereocenters. The molecule has 0 heterocycles. The summed E-state index contributed by atoms with van der Waals surface area (Å²) < 4.78 is 34.6. The van der Waals surface area contributed by atoms with E-state index in [0.717, 1.165) is 41.5 Å². The van der Waals surface area contributed by atoms with Crippen molar-refractivity contribution in [1.82, 2.24) is 9.62 Å². The smallest absolute Gasteiger partial charge is 0.240 e. The van der Waals surface area contributed by atoms with Crippen LogP contribution in [0.15, 0.2) is 71.6 Å². The highest BCUT2D eigenvalue weighted by molar-refractivity contribution is 7.89. The Morgan fingerprint density at radius 3 is 2.39 bits per heavy atom. The van der Waals surface area contributed by atoms with Gasteiger partial charge in [0.15, 0.2) is 0 Å². The lowest BCUT2D eigenvalue weighted by Gasteiger charge is -2.26. The molecule has 0 radical (unpaired) electrons.